The lowest BCUT2D eigenvalue weighted by Crippen LogP contribution is -2.40. The summed E-state index contributed by atoms with van der Waals surface area (Å²) in [5.41, 5.74) is 2.35. The van der Waals surface area contributed by atoms with Gasteiger partial charge in [0.15, 0.2) is 5.82 Å². The SMILES string of the molecule is CC(C)n1ncnc1-c1cn2c(n1)-c1ccc(-c3ccccc3S(=O)(=O)NC(C)(C)C)cc1OCC2. The molecule has 0 unspecified atom stereocenters. The maximum Gasteiger partial charge on any atom is 0.241 e. The average molecular weight is 507 g/mol. The maximum absolute atomic E-state index is 13.2. The maximum atomic E-state index is 13.2. The van der Waals surface area contributed by atoms with Crippen molar-refractivity contribution in [3.8, 4) is 39.8 Å². The van der Waals surface area contributed by atoms with Crippen molar-refractivity contribution in [3.63, 3.8) is 0 Å². The van der Waals surface area contributed by atoms with Gasteiger partial charge in [-0.25, -0.2) is 27.8 Å². The zero-order valence-corrected chi connectivity index (χ0v) is 21.9. The minimum Gasteiger partial charge on any atom is -0.491 e. The molecule has 36 heavy (non-hydrogen) atoms. The molecule has 0 radical (unpaired) electrons. The van der Waals surface area contributed by atoms with E-state index in [9.17, 15) is 8.42 Å². The number of rotatable bonds is 5. The summed E-state index contributed by atoms with van der Waals surface area (Å²) in [5.74, 6) is 2.15. The fourth-order valence-corrected chi connectivity index (χ4v) is 6.02. The Hall–Kier alpha value is -3.50. The zero-order valence-electron chi connectivity index (χ0n) is 21.1. The van der Waals surface area contributed by atoms with Gasteiger partial charge in [0.25, 0.3) is 0 Å². The molecule has 4 aromatic rings. The Kier molecular flexibility index (Phi) is 5.96. The minimum absolute atomic E-state index is 0.159. The summed E-state index contributed by atoms with van der Waals surface area (Å²) in [7, 11) is -3.73. The molecular weight excluding hydrogens is 476 g/mol. The van der Waals surface area contributed by atoms with Crippen LogP contribution in [0.4, 0.5) is 0 Å². The molecule has 2 aromatic carbocycles. The summed E-state index contributed by atoms with van der Waals surface area (Å²) < 4.78 is 39.1. The highest BCUT2D eigenvalue weighted by Crippen LogP contribution is 2.38. The van der Waals surface area contributed by atoms with E-state index in [0.29, 0.717) is 24.5 Å². The first-order valence-electron chi connectivity index (χ1n) is 11.9. The molecule has 0 saturated heterocycles. The van der Waals surface area contributed by atoms with Crippen LogP contribution in [0.3, 0.4) is 0 Å². The second-order valence-electron chi connectivity index (χ2n) is 10.2. The molecule has 5 rings (SSSR count). The summed E-state index contributed by atoms with van der Waals surface area (Å²) in [4.78, 5) is 9.54. The van der Waals surface area contributed by atoms with Crippen molar-refractivity contribution in [2.75, 3.05) is 6.61 Å². The highest BCUT2D eigenvalue weighted by Gasteiger charge is 2.26. The highest BCUT2D eigenvalue weighted by molar-refractivity contribution is 7.89. The molecule has 0 amide bonds. The monoisotopic (exact) mass is 506 g/mol. The average Bonchev–Trinajstić information content (AvgIpc) is 3.42. The Morgan fingerprint density at radius 2 is 1.83 bits per heavy atom. The lowest BCUT2D eigenvalue weighted by atomic mass is 10.0. The van der Waals surface area contributed by atoms with Crippen molar-refractivity contribution < 1.29 is 13.2 Å². The first-order valence-corrected chi connectivity index (χ1v) is 13.4. The Morgan fingerprint density at radius 3 is 2.58 bits per heavy atom. The Bertz CT molecular complexity index is 1530. The molecule has 188 valence electrons. The number of benzene rings is 2. The molecular formula is C26H30N6O3S. The standard InChI is InChI=1S/C26H30N6O3S/c1-17(2)32-25(27-16-28-32)21-15-31-12-13-35-22-14-18(10-11-20(22)24(31)29-21)19-8-6-7-9-23(19)36(33,34)30-26(3,4)5/h6-11,14-17,30H,12-13H2,1-5H3. The van der Waals surface area contributed by atoms with Crippen LogP contribution < -0.4 is 9.46 Å². The van der Waals surface area contributed by atoms with Crippen molar-refractivity contribution >= 4 is 10.0 Å². The van der Waals surface area contributed by atoms with E-state index < -0.39 is 15.6 Å². The van der Waals surface area contributed by atoms with E-state index in [1.54, 1.807) is 18.5 Å². The minimum atomic E-state index is -3.73. The Morgan fingerprint density at radius 1 is 1.06 bits per heavy atom. The van der Waals surface area contributed by atoms with Crippen molar-refractivity contribution in [3.05, 3.63) is 55.0 Å². The fraction of sp³-hybridized carbons (Fsp3) is 0.346. The molecule has 2 aromatic heterocycles. The van der Waals surface area contributed by atoms with E-state index in [1.807, 2.05) is 62.0 Å². The molecule has 1 aliphatic rings. The zero-order chi connectivity index (χ0) is 25.7. The van der Waals surface area contributed by atoms with Crippen LogP contribution in [0.5, 0.6) is 5.75 Å². The molecule has 10 heteroatoms. The van der Waals surface area contributed by atoms with E-state index >= 15 is 0 Å². The van der Waals surface area contributed by atoms with E-state index in [4.69, 9.17) is 9.72 Å². The van der Waals surface area contributed by atoms with Gasteiger partial charge in [0.05, 0.1) is 17.0 Å². The number of nitrogens with zero attached hydrogens (tertiary/aromatic N) is 5. The van der Waals surface area contributed by atoms with Gasteiger partial charge in [-0.05, 0) is 58.4 Å². The van der Waals surface area contributed by atoms with Gasteiger partial charge in [0.2, 0.25) is 10.0 Å². The molecule has 1 N–H and O–H groups in total. The lowest BCUT2D eigenvalue weighted by Gasteiger charge is -2.21. The third-order valence-corrected chi connectivity index (χ3v) is 7.62. The number of ether oxygens (including phenoxy) is 1. The number of hydrogen-bond donors (Lipinski definition) is 1. The predicted octanol–water partition coefficient (Wildman–Crippen LogP) is 4.53. The van der Waals surface area contributed by atoms with Crippen molar-refractivity contribution in [1.29, 1.82) is 0 Å². The largest absolute Gasteiger partial charge is 0.491 e. The second kappa shape index (κ2) is 8.86. The summed E-state index contributed by atoms with van der Waals surface area (Å²) in [6.45, 7) is 10.7. The molecule has 0 atom stereocenters. The number of hydrogen-bond acceptors (Lipinski definition) is 6. The van der Waals surface area contributed by atoms with Crippen molar-refractivity contribution in [2.45, 2.75) is 57.6 Å². The lowest BCUT2D eigenvalue weighted by molar-refractivity contribution is 0.307. The van der Waals surface area contributed by atoms with Crippen LogP contribution in [-0.4, -0.2) is 44.9 Å². The number of aromatic nitrogens is 5. The summed E-state index contributed by atoms with van der Waals surface area (Å²) in [6, 6.07) is 12.9. The number of imidazole rings is 1. The van der Waals surface area contributed by atoms with Gasteiger partial charge in [-0.15, -0.1) is 0 Å². The number of fused-ring (bicyclic) bond motifs is 3. The second-order valence-corrected chi connectivity index (χ2v) is 11.8. The topological polar surface area (TPSA) is 104 Å². The van der Waals surface area contributed by atoms with E-state index in [-0.39, 0.29) is 10.9 Å². The van der Waals surface area contributed by atoms with Crippen LogP contribution in [0.25, 0.3) is 34.0 Å². The highest BCUT2D eigenvalue weighted by atomic mass is 32.2. The van der Waals surface area contributed by atoms with Crippen LogP contribution in [-0.2, 0) is 16.6 Å². The molecule has 9 nitrogen and oxygen atoms in total. The first-order chi connectivity index (χ1) is 17.0. The van der Waals surface area contributed by atoms with Gasteiger partial charge in [-0.3, -0.25) is 0 Å². The van der Waals surface area contributed by atoms with E-state index in [1.165, 1.54) is 0 Å². The van der Waals surface area contributed by atoms with Gasteiger partial charge >= 0.3 is 0 Å². The number of sulfonamides is 1. The van der Waals surface area contributed by atoms with Gasteiger partial charge in [0.1, 0.15) is 30.2 Å². The molecule has 3 heterocycles. The van der Waals surface area contributed by atoms with Crippen LogP contribution in [0.2, 0.25) is 0 Å². The normalized spacial score (nSPS) is 13.7. The van der Waals surface area contributed by atoms with Gasteiger partial charge in [-0.2, -0.15) is 5.10 Å². The fourth-order valence-electron chi connectivity index (χ4n) is 4.37. The summed E-state index contributed by atoms with van der Waals surface area (Å²) in [6.07, 6.45) is 3.52. The molecule has 0 aliphatic carbocycles. The molecule has 0 spiro atoms. The quantitative estimate of drug-likeness (QED) is 0.427. The van der Waals surface area contributed by atoms with E-state index in [2.05, 4.69) is 33.2 Å². The van der Waals surface area contributed by atoms with Gasteiger partial charge in [-0.1, -0.05) is 24.3 Å². The third kappa shape index (κ3) is 4.54. The van der Waals surface area contributed by atoms with Crippen LogP contribution in [0.15, 0.2) is 59.9 Å². The van der Waals surface area contributed by atoms with Crippen molar-refractivity contribution in [2.24, 2.45) is 0 Å². The summed E-state index contributed by atoms with van der Waals surface area (Å²) in [5, 5.41) is 4.33. The van der Waals surface area contributed by atoms with E-state index in [0.717, 1.165) is 28.5 Å². The Balaban J connectivity index is 1.57. The molecule has 0 bridgehead atoms. The first kappa shape index (κ1) is 24.2. The van der Waals surface area contributed by atoms with Gasteiger partial charge < -0.3 is 9.30 Å². The number of nitrogens with one attached hydrogen (secondary N) is 1. The van der Waals surface area contributed by atoms with Crippen molar-refractivity contribution in [1.82, 2.24) is 29.0 Å². The molecule has 1 aliphatic heterocycles. The predicted molar refractivity (Wildman–Crippen MR) is 138 cm³/mol. The smallest absolute Gasteiger partial charge is 0.241 e. The van der Waals surface area contributed by atoms with Crippen LogP contribution in [0.1, 0.15) is 40.7 Å². The molecule has 0 fully saturated rings. The Labute approximate surface area is 211 Å². The van der Waals surface area contributed by atoms with Gasteiger partial charge in [0, 0.05) is 23.3 Å². The molecule has 0 saturated carbocycles. The third-order valence-electron chi connectivity index (χ3n) is 5.81. The summed E-state index contributed by atoms with van der Waals surface area (Å²) >= 11 is 0. The van der Waals surface area contributed by atoms with Crippen LogP contribution >= 0.6 is 0 Å². The van der Waals surface area contributed by atoms with Crippen LogP contribution in [0, 0.1) is 0 Å².